The minimum absolute atomic E-state index is 0.0632. The Kier molecular flexibility index (Phi) is 7.89. The van der Waals surface area contributed by atoms with Gasteiger partial charge >= 0.3 is 0 Å². The van der Waals surface area contributed by atoms with Gasteiger partial charge in [-0.15, -0.1) is 0 Å². The average Bonchev–Trinajstić information content (AvgIpc) is 2.74. The van der Waals surface area contributed by atoms with Crippen LogP contribution in [0.2, 0.25) is 0 Å². The van der Waals surface area contributed by atoms with Crippen LogP contribution in [0.3, 0.4) is 0 Å². The maximum atomic E-state index is 13.8. The number of carbonyl (C=O) groups is 1. The highest BCUT2D eigenvalue weighted by Crippen LogP contribution is 2.26. The van der Waals surface area contributed by atoms with Gasteiger partial charge in [0.05, 0.1) is 17.5 Å². The quantitative estimate of drug-likeness (QED) is 0.484. The van der Waals surface area contributed by atoms with E-state index in [1.165, 1.54) is 16.4 Å². The Labute approximate surface area is 201 Å². The van der Waals surface area contributed by atoms with Crippen molar-refractivity contribution in [3.63, 3.8) is 0 Å². The maximum absolute atomic E-state index is 13.8. The topological polar surface area (TPSA) is 66.5 Å². The van der Waals surface area contributed by atoms with Crippen LogP contribution in [0.15, 0.2) is 65.6 Å². The number of halogens is 1. The summed E-state index contributed by atoms with van der Waals surface area (Å²) in [5.41, 5.74) is 4.85. The van der Waals surface area contributed by atoms with Gasteiger partial charge in [-0.05, 0) is 69.0 Å². The number of aryl methyl sites for hydroxylation is 4. The van der Waals surface area contributed by atoms with Gasteiger partial charge < -0.3 is 5.32 Å². The van der Waals surface area contributed by atoms with E-state index in [2.05, 4.69) is 5.32 Å². The number of carbonyl (C=O) groups excluding carboxylic acids is 1. The Morgan fingerprint density at radius 1 is 0.912 bits per heavy atom. The molecule has 1 N–H and O–H groups in total. The lowest BCUT2D eigenvalue weighted by molar-refractivity contribution is -0.122. The maximum Gasteiger partial charge on any atom is 0.244 e. The molecular weight excluding hydrogens is 451 g/mol. The molecule has 0 bridgehead atoms. The summed E-state index contributed by atoms with van der Waals surface area (Å²) in [5.74, 6) is -0.795. The van der Waals surface area contributed by atoms with Crippen molar-refractivity contribution in [3.05, 3.63) is 99.9 Å². The fourth-order valence-corrected chi connectivity index (χ4v) is 5.90. The van der Waals surface area contributed by atoms with Crippen molar-refractivity contribution in [2.45, 2.75) is 52.1 Å². The molecule has 0 aromatic heterocycles. The number of nitrogens with zero attached hydrogens (tertiary/aromatic N) is 1. The van der Waals surface area contributed by atoms with E-state index in [1.54, 1.807) is 32.9 Å². The monoisotopic (exact) mass is 482 g/mol. The van der Waals surface area contributed by atoms with Crippen LogP contribution in [0, 0.1) is 33.5 Å². The Balaban J connectivity index is 1.91. The first-order chi connectivity index (χ1) is 16.0. The smallest absolute Gasteiger partial charge is 0.244 e. The van der Waals surface area contributed by atoms with Gasteiger partial charge in [-0.1, -0.05) is 59.7 Å². The average molecular weight is 483 g/mol. The molecule has 1 atom stereocenters. The van der Waals surface area contributed by atoms with E-state index in [1.807, 2.05) is 50.2 Å². The number of amides is 1. The highest BCUT2D eigenvalue weighted by molar-refractivity contribution is 7.89. The second-order valence-corrected chi connectivity index (χ2v) is 10.7. The summed E-state index contributed by atoms with van der Waals surface area (Å²) in [6.45, 7) is 8.92. The van der Waals surface area contributed by atoms with Crippen LogP contribution < -0.4 is 5.32 Å². The zero-order chi connectivity index (χ0) is 25.0. The molecule has 0 unspecified atom stereocenters. The lowest BCUT2D eigenvalue weighted by atomic mass is 10.1. The van der Waals surface area contributed by atoms with E-state index >= 15 is 0 Å². The van der Waals surface area contributed by atoms with Gasteiger partial charge in [-0.25, -0.2) is 12.8 Å². The molecule has 1 amide bonds. The van der Waals surface area contributed by atoms with Crippen LogP contribution in [0.25, 0.3) is 0 Å². The second kappa shape index (κ2) is 10.5. The van der Waals surface area contributed by atoms with Gasteiger partial charge in [0.1, 0.15) is 5.82 Å². The van der Waals surface area contributed by atoms with E-state index < -0.39 is 22.0 Å². The molecule has 0 spiro atoms. The van der Waals surface area contributed by atoms with Gasteiger partial charge in [-0.2, -0.15) is 4.31 Å². The number of rotatable bonds is 8. The normalized spacial score (nSPS) is 12.6. The SMILES string of the molecule is Cc1ccc(CN(CC(=O)N[C@@H](C)c2ccc(F)cc2)S(=O)(=O)c2c(C)cc(C)cc2C)cc1. The van der Waals surface area contributed by atoms with E-state index in [4.69, 9.17) is 0 Å². The van der Waals surface area contributed by atoms with E-state index in [0.29, 0.717) is 11.1 Å². The van der Waals surface area contributed by atoms with Gasteiger partial charge in [0.25, 0.3) is 0 Å². The minimum Gasteiger partial charge on any atom is -0.348 e. The highest BCUT2D eigenvalue weighted by Gasteiger charge is 2.30. The van der Waals surface area contributed by atoms with Gasteiger partial charge in [0.15, 0.2) is 0 Å². The first-order valence-corrected chi connectivity index (χ1v) is 12.6. The van der Waals surface area contributed by atoms with Crippen LogP contribution in [0.1, 0.15) is 46.3 Å². The molecule has 0 radical (unpaired) electrons. The zero-order valence-electron chi connectivity index (χ0n) is 20.2. The fourth-order valence-electron chi connectivity index (χ4n) is 4.11. The molecular formula is C27H31FN2O3S. The predicted molar refractivity (Wildman–Crippen MR) is 132 cm³/mol. The summed E-state index contributed by atoms with van der Waals surface area (Å²) < 4.78 is 42.0. The van der Waals surface area contributed by atoms with Crippen LogP contribution >= 0.6 is 0 Å². The van der Waals surface area contributed by atoms with Crippen LogP contribution in [-0.4, -0.2) is 25.2 Å². The zero-order valence-corrected chi connectivity index (χ0v) is 21.0. The first kappa shape index (κ1) is 25.6. The summed E-state index contributed by atoms with van der Waals surface area (Å²) >= 11 is 0. The third-order valence-corrected chi connectivity index (χ3v) is 7.85. The third-order valence-electron chi connectivity index (χ3n) is 5.75. The van der Waals surface area contributed by atoms with Crippen LogP contribution in [0.4, 0.5) is 4.39 Å². The molecule has 0 aliphatic heterocycles. The van der Waals surface area contributed by atoms with E-state index in [-0.39, 0.29) is 23.8 Å². The molecule has 3 rings (SSSR count). The molecule has 3 aromatic carbocycles. The Bertz CT molecular complexity index is 1250. The molecule has 0 fully saturated rings. The Morgan fingerprint density at radius 3 is 2.03 bits per heavy atom. The minimum atomic E-state index is -3.97. The third kappa shape index (κ3) is 6.10. The van der Waals surface area contributed by atoms with Crippen molar-refractivity contribution in [2.24, 2.45) is 0 Å². The Morgan fingerprint density at radius 2 is 1.47 bits per heavy atom. The molecule has 0 saturated heterocycles. The number of hydrogen-bond acceptors (Lipinski definition) is 3. The molecule has 0 aliphatic carbocycles. The molecule has 3 aromatic rings. The lowest BCUT2D eigenvalue weighted by Crippen LogP contribution is -2.41. The number of hydrogen-bond donors (Lipinski definition) is 1. The van der Waals surface area contributed by atoms with Gasteiger partial charge in [0, 0.05) is 6.54 Å². The highest BCUT2D eigenvalue weighted by atomic mass is 32.2. The summed E-state index contributed by atoms with van der Waals surface area (Å²) in [7, 11) is -3.97. The van der Waals surface area contributed by atoms with Crippen molar-refractivity contribution >= 4 is 15.9 Å². The van der Waals surface area contributed by atoms with E-state index in [0.717, 1.165) is 22.3 Å². The van der Waals surface area contributed by atoms with Crippen LogP contribution in [-0.2, 0) is 21.4 Å². The molecule has 0 aliphatic rings. The van der Waals surface area contributed by atoms with E-state index in [9.17, 15) is 17.6 Å². The first-order valence-electron chi connectivity index (χ1n) is 11.2. The van der Waals surface area contributed by atoms with Gasteiger partial charge in [0.2, 0.25) is 15.9 Å². The molecule has 0 heterocycles. The summed E-state index contributed by atoms with van der Waals surface area (Å²) in [5, 5.41) is 2.84. The number of sulfonamides is 1. The number of benzene rings is 3. The van der Waals surface area contributed by atoms with Gasteiger partial charge in [-0.3, -0.25) is 4.79 Å². The standard InChI is InChI=1S/C27H31FN2O3S/c1-18-6-8-23(9-7-18)16-30(34(32,33)27-20(3)14-19(2)15-21(27)4)17-26(31)29-22(5)24-10-12-25(28)13-11-24/h6-15,22H,16-17H2,1-5H3,(H,29,31)/t22-/m0/s1. The summed E-state index contributed by atoms with van der Waals surface area (Å²) in [6.07, 6.45) is 0. The van der Waals surface area contributed by atoms with Crippen molar-refractivity contribution in [3.8, 4) is 0 Å². The van der Waals surface area contributed by atoms with Crippen molar-refractivity contribution in [2.75, 3.05) is 6.54 Å². The molecule has 5 nitrogen and oxygen atoms in total. The number of nitrogens with one attached hydrogen (secondary N) is 1. The molecule has 34 heavy (non-hydrogen) atoms. The Hall–Kier alpha value is -3.03. The fraction of sp³-hybridized carbons (Fsp3) is 0.296. The summed E-state index contributed by atoms with van der Waals surface area (Å²) in [6, 6.07) is 16.7. The largest absolute Gasteiger partial charge is 0.348 e. The molecule has 0 saturated carbocycles. The summed E-state index contributed by atoms with van der Waals surface area (Å²) in [4.78, 5) is 13.2. The van der Waals surface area contributed by atoms with Crippen molar-refractivity contribution in [1.82, 2.24) is 9.62 Å². The lowest BCUT2D eigenvalue weighted by Gasteiger charge is -2.25. The predicted octanol–water partition coefficient (Wildman–Crippen LogP) is 5.13. The molecule has 180 valence electrons. The second-order valence-electron chi connectivity index (χ2n) is 8.83. The van der Waals surface area contributed by atoms with Crippen molar-refractivity contribution < 1.29 is 17.6 Å². The molecule has 7 heteroatoms. The van der Waals surface area contributed by atoms with Crippen LogP contribution in [0.5, 0.6) is 0 Å². The van der Waals surface area contributed by atoms with Crippen molar-refractivity contribution in [1.29, 1.82) is 0 Å².